The number of hydrogen-bond acceptors (Lipinski definition) is 5. The molecule has 172 valence electrons. The Bertz CT molecular complexity index is 1320. The molecule has 0 saturated heterocycles. The second-order valence-electron chi connectivity index (χ2n) is 8.57. The Morgan fingerprint density at radius 3 is 2.65 bits per heavy atom. The third-order valence-corrected chi connectivity index (χ3v) is 6.52. The highest BCUT2D eigenvalue weighted by atomic mass is 35.5. The van der Waals surface area contributed by atoms with Crippen molar-refractivity contribution in [3.8, 4) is 22.5 Å². The summed E-state index contributed by atoms with van der Waals surface area (Å²) in [4.78, 5) is 12.9. The summed E-state index contributed by atoms with van der Waals surface area (Å²) >= 11 is 5.99. The monoisotopic (exact) mass is 473 g/mol. The van der Waals surface area contributed by atoms with Gasteiger partial charge in [-0.3, -0.25) is 4.79 Å². The van der Waals surface area contributed by atoms with Gasteiger partial charge in [-0.2, -0.15) is 0 Å². The first-order chi connectivity index (χ1) is 16.5. The first-order valence-corrected chi connectivity index (χ1v) is 11.4. The maximum atomic E-state index is 12.9. The molecule has 1 amide bonds. The quantitative estimate of drug-likeness (QED) is 0.375. The van der Waals surface area contributed by atoms with Crippen LogP contribution < -0.4 is 5.32 Å². The summed E-state index contributed by atoms with van der Waals surface area (Å²) in [6.45, 7) is 2.63. The van der Waals surface area contributed by atoms with Crippen molar-refractivity contribution in [1.82, 2.24) is 20.6 Å². The van der Waals surface area contributed by atoms with Crippen molar-refractivity contribution >= 4 is 23.2 Å². The molecule has 4 aromatic rings. The van der Waals surface area contributed by atoms with Gasteiger partial charge in [0.15, 0.2) is 5.82 Å². The SMILES string of the molecule is COCc1ccc(-c2ccc(NC(=O)C3CC3c3ccc(Cl)cc3)cc2-c2nnn[nH]2)cc1C. The van der Waals surface area contributed by atoms with Gasteiger partial charge in [-0.15, -0.1) is 5.10 Å². The number of carbonyl (C=O) groups excluding carboxylic acids is 1. The number of aromatic nitrogens is 4. The Kier molecular flexibility index (Phi) is 6.13. The number of ether oxygens (including phenoxy) is 1. The average Bonchev–Trinajstić information content (AvgIpc) is 3.45. The van der Waals surface area contributed by atoms with Gasteiger partial charge in [0.25, 0.3) is 0 Å². The largest absolute Gasteiger partial charge is 0.380 e. The van der Waals surface area contributed by atoms with E-state index in [9.17, 15) is 4.79 Å². The predicted octanol–water partition coefficient (Wildman–Crippen LogP) is 5.38. The molecular formula is C26H24ClN5O2. The molecule has 2 N–H and O–H groups in total. The average molecular weight is 474 g/mol. The summed E-state index contributed by atoms with van der Waals surface area (Å²) in [6, 6.07) is 19.8. The molecule has 34 heavy (non-hydrogen) atoms. The fourth-order valence-corrected chi connectivity index (χ4v) is 4.45. The predicted molar refractivity (Wildman–Crippen MR) is 131 cm³/mol. The summed E-state index contributed by atoms with van der Waals surface area (Å²) in [7, 11) is 1.69. The Morgan fingerprint density at radius 1 is 1.12 bits per heavy atom. The molecule has 0 radical (unpaired) electrons. The van der Waals surface area contributed by atoms with Crippen LogP contribution in [-0.4, -0.2) is 33.6 Å². The number of nitrogens with zero attached hydrogens (tertiary/aromatic N) is 3. The second kappa shape index (κ2) is 9.37. The number of aromatic amines is 1. The fourth-order valence-electron chi connectivity index (χ4n) is 4.32. The lowest BCUT2D eigenvalue weighted by Crippen LogP contribution is -2.14. The molecule has 5 rings (SSSR count). The number of carbonyl (C=O) groups is 1. The van der Waals surface area contributed by atoms with Crippen LogP contribution in [0.25, 0.3) is 22.5 Å². The van der Waals surface area contributed by atoms with Crippen LogP contribution in [-0.2, 0) is 16.1 Å². The number of amides is 1. The zero-order valence-electron chi connectivity index (χ0n) is 18.9. The van der Waals surface area contributed by atoms with Gasteiger partial charge in [0, 0.05) is 29.3 Å². The van der Waals surface area contributed by atoms with Gasteiger partial charge in [-0.1, -0.05) is 48.0 Å². The minimum absolute atomic E-state index is 0.00843. The Morgan fingerprint density at radius 2 is 1.94 bits per heavy atom. The van der Waals surface area contributed by atoms with E-state index in [0.29, 0.717) is 23.1 Å². The fraction of sp³-hybridized carbons (Fsp3) is 0.231. The first-order valence-electron chi connectivity index (χ1n) is 11.1. The highest BCUT2D eigenvalue weighted by Gasteiger charge is 2.43. The molecule has 1 saturated carbocycles. The van der Waals surface area contributed by atoms with Crippen LogP contribution >= 0.6 is 11.6 Å². The van der Waals surface area contributed by atoms with Crippen LogP contribution in [0.5, 0.6) is 0 Å². The normalized spacial score (nSPS) is 16.9. The van der Waals surface area contributed by atoms with Crippen molar-refractivity contribution in [2.24, 2.45) is 5.92 Å². The van der Waals surface area contributed by atoms with E-state index in [0.717, 1.165) is 39.8 Å². The van der Waals surface area contributed by atoms with Gasteiger partial charge in [0.1, 0.15) is 0 Å². The molecule has 0 spiro atoms. The molecule has 7 nitrogen and oxygen atoms in total. The van der Waals surface area contributed by atoms with Crippen molar-refractivity contribution < 1.29 is 9.53 Å². The lowest BCUT2D eigenvalue weighted by Gasteiger charge is -2.13. The maximum Gasteiger partial charge on any atom is 0.228 e. The van der Waals surface area contributed by atoms with E-state index in [1.807, 2.05) is 42.5 Å². The summed E-state index contributed by atoms with van der Waals surface area (Å²) < 4.78 is 5.28. The summed E-state index contributed by atoms with van der Waals surface area (Å²) in [5, 5.41) is 18.2. The van der Waals surface area contributed by atoms with E-state index < -0.39 is 0 Å². The van der Waals surface area contributed by atoms with Crippen LogP contribution in [0.2, 0.25) is 5.02 Å². The molecule has 2 atom stereocenters. The summed E-state index contributed by atoms with van der Waals surface area (Å²) in [5.74, 6) is 0.722. The van der Waals surface area contributed by atoms with Crippen LogP contribution in [0.15, 0.2) is 60.7 Å². The number of halogens is 1. The zero-order chi connectivity index (χ0) is 23.7. The minimum atomic E-state index is -0.0489. The third-order valence-electron chi connectivity index (χ3n) is 6.27. The molecule has 3 aromatic carbocycles. The standard InChI is InChI=1S/C26H24ClN5O2/c1-15-11-17(3-4-18(15)14-34-2)21-10-9-20(12-23(21)25-29-31-32-30-25)28-26(33)24-13-22(24)16-5-7-19(27)8-6-16/h3-12,22,24H,13-14H2,1-2H3,(H,28,33)(H,29,30,31,32). The molecule has 1 aliphatic carbocycles. The molecule has 1 aliphatic rings. The molecule has 2 unspecified atom stereocenters. The number of benzene rings is 3. The molecule has 1 fully saturated rings. The van der Waals surface area contributed by atoms with E-state index in [2.05, 4.69) is 51.1 Å². The van der Waals surface area contributed by atoms with E-state index >= 15 is 0 Å². The molecular weight excluding hydrogens is 450 g/mol. The van der Waals surface area contributed by atoms with Gasteiger partial charge in [-0.25, -0.2) is 5.10 Å². The van der Waals surface area contributed by atoms with Crippen molar-refractivity contribution in [2.45, 2.75) is 25.9 Å². The third kappa shape index (κ3) is 4.58. The number of anilines is 1. The van der Waals surface area contributed by atoms with Gasteiger partial charge in [0.2, 0.25) is 5.91 Å². The van der Waals surface area contributed by atoms with Gasteiger partial charge < -0.3 is 10.1 Å². The molecule has 0 aliphatic heterocycles. The highest BCUT2D eigenvalue weighted by Crippen LogP contribution is 2.48. The second-order valence-corrected chi connectivity index (χ2v) is 9.01. The Labute approximate surface area is 202 Å². The summed E-state index contributed by atoms with van der Waals surface area (Å²) in [6.07, 6.45) is 0.831. The molecule has 1 heterocycles. The van der Waals surface area contributed by atoms with Crippen LogP contribution in [0.1, 0.15) is 29.0 Å². The maximum absolute atomic E-state index is 12.9. The zero-order valence-corrected chi connectivity index (χ0v) is 19.6. The lowest BCUT2D eigenvalue weighted by molar-refractivity contribution is -0.117. The van der Waals surface area contributed by atoms with E-state index in [-0.39, 0.29) is 17.7 Å². The number of tetrazole rings is 1. The Hall–Kier alpha value is -3.55. The lowest BCUT2D eigenvalue weighted by atomic mass is 9.95. The highest BCUT2D eigenvalue weighted by molar-refractivity contribution is 6.30. The van der Waals surface area contributed by atoms with Crippen LogP contribution in [0.3, 0.4) is 0 Å². The molecule has 8 heteroatoms. The number of nitrogens with one attached hydrogen (secondary N) is 2. The van der Waals surface area contributed by atoms with Crippen LogP contribution in [0.4, 0.5) is 5.69 Å². The topological polar surface area (TPSA) is 92.8 Å². The van der Waals surface area contributed by atoms with Crippen molar-refractivity contribution in [2.75, 3.05) is 12.4 Å². The number of H-pyrrole nitrogens is 1. The number of aryl methyl sites for hydroxylation is 1. The number of hydrogen-bond donors (Lipinski definition) is 2. The number of rotatable bonds is 7. The summed E-state index contributed by atoms with van der Waals surface area (Å²) in [5.41, 5.74) is 6.93. The van der Waals surface area contributed by atoms with Gasteiger partial charge >= 0.3 is 0 Å². The van der Waals surface area contributed by atoms with E-state index in [1.165, 1.54) is 0 Å². The van der Waals surface area contributed by atoms with Crippen molar-refractivity contribution in [3.63, 3.8) is 0 Å². The minimum Gasteiger partial charge on any atom is -0.380 e. The van der Waals surface area contributed by atoms with Gasteiger partial charge in [0.05, 0.1) is 6.61 Å². The van der Waals surface area contributed by atoms with E-state index in [4.69, 9.17) is 16.3 Å². The Balaban J connectivity index is 1.40. The van der Waals surface area contributed by atoms with Crippen molar-refractivity contribution in [3.05, 3.63) is 82.4 Å². The first kappa shape index (κ1) is 22.3. The molecule has 1 aromatic heterocycles. The van der Waals surface area contributed by atoms with Crippen molar-refractivity contribution in [1.29, 1.82) is 0 Å². The number of methoxy groups -OCH3 is 1. The van der Waals surface area contributed by atoms with Crippen LogP contribution in [0, 0.1) is 12.8 Å². The molecule has 0 bridgehead atoms. The smallest absolute Gasteiger partial charge is 0.228 e. The van der Waals surface area contributed by atoms with E-state index in [1.54, 1.807) is 7.11 Å². The van der Waals surface area contributed by atoms with Gasteiger partial charge in [-0.05, 0) is 81.8 Å².